The number of hydrogen-bond donors (Lipinski definition) is 1. The van der Waals surface area contributed by atoms with Gasteiger partial charge >= 0.3 is 0 Å². The Hall–Kier alpha value is -1.55. The highest BCUT2D eigenvalue weighted by Crippen LogP contribution is 2.14. The van der Waals surface area contributed by atoms with Gasteiger partial charge in [0.2, 0.25) is 11.8 Å². The molecule has 0 aromatic heterocycles. The van der Waals surface area contributed by atoms with Gasteiger partial charge < -0.3 is 10.2 Å². The maximum Gasteiger partial charge on any atom is 0.245 e. The van der Waals surface area contributed by atoms with Crippen LogP contribution in [0.5, 0.6) is 0 Å². The number of nitrogens with one attached hydrogen (secondary N) is 1. The Morgan fingerprint density at radius 3 is 2.63 bits per heavy atom. The van der Waals surface area contributed by atoms with Gasteiger partial charge in [0.25, 0.3) is 0 Å². The summed E-state index contributed by atoms with van der Waals surface area (Å²) in [5.41, 5.74) is 0.975. The van der Waals surface area contributed by atoms with Crippen LogP contribution in [-0.4, -0.2) is 29.3 Å². The molecule has 102 valence electrons. The summed E-state index contributed by atoms with van der Waals surface area (Å²) >= 11 is 5.83. The van der Waals surface area contributed by atoms with Gasteiger partial charge in [-0.25, -0.2) is 0 Å². The summed E-state index contributed by atoms with van der Waals surface area (Å²) in [5.74, 6) is -0.0941. The molecular weight excluding hydrogens is 264 g/mol. The molecule has 1 aliphatic rings. The number of carbonyl (C=O) groups is 2. The van der Waals surface area contributed by atoms with E-state index in [9.17, 15) is 9.59 Å². The van der Waals surface area contributed by atoms with E-state index in [2.05, 4.69) is 5.32 Å². The molecule has 0 saturated carbocycles. The first-order valence-corrected chi connectivity index (χ1v) is 6.80. The highest BCUT2D eigenvalue weighted by Gasteiger charge is 2.31. The van der Waals surface area contributed by atoms with E-state index in [0.29, 0.717) is 18.0 Å². The smallest absolute Gasteiger partial charge is 0.245 e. The zero-order valence-corrected chi connectivity index (χ0v) is 11.6. The Kier molecular flexibility index (Phi) is 4.43. The molecule has 1 N–H and O–H groups in total. The van der Waals surface area contributed by atoms with Gasteiger partial charge in [0, 0.05) is 11.6 Å². The average molecular weight is 281 g/mol. The molecule has 1 heterocycles. The summed E-state index contributed by atoms with van der Waals surface area (Å²) in [5, 5.41) is 3.40. The highest BCUT2D eigenvalue weighted by atomic mass is 35.5. The van der Waals surface area contributed by atoms with Crippen LogP contribution in [-0.2, 0) is 16.1 Å². The summed E-state index contributed by atoms with van der Waals surface area (Å²) in [7, 11) is 0. The molecule has 1 saturated heterocycles. The molecule has 0 aliphatic carbocycles. The van der Waals surface area contributed by atoms with Crippen LogP contribution >= 0.6 is 11.6 Å². The largest absolute Gasteiger partial charge is 0.343 e. The fourth-order valence-electron chi connectivity index (χ4n) is 2.20. The van der Waals surface area contributed by atoms with Crippen LogP contribution in [0.4, 0.5) is 0 Å². The molecule has 19 heavy (non-hydrogen) atoms. The molecule has 2 rings (SSSR count). The predicted molar refractivity (Wildman–Crippen MR) is 73.7 cm³/mol. The number of carbonyl (C=O) groups excluding carboxylic acids is 2. The number of benzene rings is 1. The molecule has 1 unspecified atom stereocenters. The lowest BCUT2D eigenvalue weighted by Crippen LogP contribution is -2.57. The Balaban J connectivity index is 2.07. The maximum atomic E-state index is 12.2. The van der Waals surface area contributed by atoms with Crippen molar-refractivity contribution in [1.82, 2.24) is 10.2 Å². The van der Waals surface area contributed by atoms with E-state index in [1.807, 2.05) is 19.1 Å². The first-order valence-electron chi connectivity index (χ1n) is 6.42. The van der Waals surface area contributed by atoms with Gasteiger partial charge in [-0.15, -0.1) is 0 Å². The molecule has 2 amide bonds. The summed E-state index contributed by atoms with van der Waals surface area (Å²) in [6.07, 6.45) is 1.55. The summed E-state index contributed by atoms with van der Waals surface area (Å²) < 4.78 is 0. The first kappa shape index (κ1) is 13.9. The molecular formula is C14H17ClN2O2. The van der Waals surface area contributed by atoms with Crippen molar-refractivity contribution in [2.75, 3.05) is 6.54 Å². The minimum atomic E-state index is -0.376. The van der Waals surface area contributed by atoms with Crippen molar-refractivity contribution in [3.05, 3.63) is 34.9 Å². The van der Waals surface area contributed by atoms with E-state index in [0.717, 1.165) is 12.0 Å². The lowest BCUT2D eigenvalue weighted by atomic mass is 10.1. The van der Waals surface area contributed by atoms with E-state index in [1.165, 1.54) is 0 Å². The van der Waals surface area contributed by atoms with Crippen molar-refractivity contribution in [2.24, 2.45) is 0 Å². The van der Waals surface area contributed by atoms with Crippen LogP contribution < -0.4 is 5.32 Å². The molecule has 1 aliphatic heterocycles. The van der Waals surface area contributed by atoms with Gasteiger partial charge in [-0.05, 0) is 24.1 Å². The zero-order chi connectivity index (χ0) is 13.8. The highest BCUT2D eigenvalue weighted by molar-refractivity contribution is 6.30. The number of piperazine rings is 1. The number of amides is 2. The van der Waals surface area contributed by atoms with Crippen LogP contribution in [0.15, 0.2) is 24.3 Å². The first-order chi connectivity index (χ1) is 9.10. The predicted octanol–water partition coefficient (Wildman–Crippen LogP) is 1.97. The zero-order valence-electron chi connectivity index (χ0n) is 10.9. The Morgan fingerprint density at radius 1 is 1.32 bits per heavy atom. The fourth-order valence-corrected chi connectivity index (χ4v) is 2.33. The Bertz CT molecular complexity index is 473. The lowest BCUT2D eigenvalue weighted by molar-refractivity contribution is -0.145. The fraction of sp³-hybridized carbons (Fsp3) is 0.429. The van der Waals surface area contributed by atoms with Crippen molar-refractivity contribution in [3.8, 4) is 0 Å². The number of rotatable bonds is 4. The van der Waals surface area contributed by atoms with Crippen LogP contribution in [0.25, 0.3) is 0 Å². The van der Waals surface area contributed by atoms with Crippen molar-refractivity contribution in [1.29, 1.82) is 0 Å². The molecule has 1 fully saturated rings. The van der Waals surface area contributed by atoms with Crippen molar-refractivity contribution in [2.45, 2.75) is 32.4 Å². The van der Waals surface area contributed by atoms with Gasteiger partial charge in [0.15, 0.2) is 0 Å². The van der Waals surface area contributed by atoms with Gasteiger partial charge in [0.1, 0.15) is 6.04 Å². The van der Waals surface area contributed by atoms with E-state index >= 15 is 0 Å². The topological polar surface area (TPSA) is 49.4 Å². The second kappa shape index (κ2) is 6.06. The molecule has 1 aromatic carbocycles. The van der Waals surface area contributed by atoms with Crippen LogP contribution in [0.3, 0.4) is 0 Å². The van der Waals surface area contributed by atoms with Gasteiger partial charge in [-0.3, -0.25) is 9.59 Å². The minimum absolute atomic E-state index is 0.00333. The van der Waals surface area contributed by atoms with Crippen molar-refractivity contribution >= 4 is 23.4 Å². The second-order valence-electron chi connectivity index (χ2n) is 4.73. The van der Waals surface area contributed by atoms with Gasteiger partial charge in [-0.1, -0.05) is 37.1 Å². The molecule has 4 nitrogen and oxygen atoms in total. The van der Waals surface area contributed by atoms with E-state index in [1.54, 1.807) is 17.0 Å². The number of nitrogens with zero attached hydrogens (tertiary/aromatic N) is 1. The minimum Gasteiger partial charge on any atom is -0.343 e. The maximum absolute atomic E-state index is 12.2. The second-order valence-corrected chi connectivity index (χ2v) is 5.17. The molecule has 1 atom stereocenters. The molecule has 0 spiro atoms. The molecule has 5 heteroatoms. The number of hydrogen-bond acceptors (Lipinski definition) is 2. The number of halogens is 1. The quantitative estimate of drug-likeness (QED) is 0.917. The summed E-state index contributed by atoms with van der Waals surface area (Å²) in [6, 6.07) is 6.94. The van der Waals surface area contributed by atoms with E-state index in [4.69, 9.17) is 11.6 Å². The van der Waals surface area contributed by atoms with Crippen molar-refractivity contribution < 1.29 is 9.59 Å². The third kappa shape index (κ3) is 3.47. The summed E-state index contributed by atoms with van der Waals surface area (Å²) in [6.45, 7) is 2.57. The normalized spacial score (nSPS) is 19.5. The monoisotopic (exact) mass is 280 g/mol. The van der Waals surface area contributed by atoms with Crippen molar-refractivity contribution in [3.63, 3.8) is 0 Å². The standard InChI is InChI=1S/C14H17ClN2O2/c1-2-3-12-14(19)17(9-13(18)16-12)8-10-4-6-11(15)7-5-10/h4-7,12H,2-3,8-9H2,1H3,(H,16,18). The summed E-state index contributed by atoms with van der Waals surface area (Å²) in [4.78, 5) is 25.4. The molecule has 1 aromatic rings. The van der Waals surface area contributed by atoms with E-state index < -0.39 is 0 Å². The Morgan fingerprint density at radius 2 is 2.00 bits per heavy atom. The molecule has 0 bridgehead atoms. The average Bonchev–Trinajstić information content (AvgIpc) is 2.38. The van der Waals surface area contributed by atoms with Crippen LogP contribution in [0.1, 0.15) is 25.3 Å². The van der Waals surface area contributed by atoms with E-state index in [-0.39, 0.29) is 24.4 Å². The van der Waals surface area contributed by atoms with Crippen LogP contribution in [0.2, 0.25) is 5.02 Å². The van der Waals surface area contributed by atoms with Gasteiger partial charge in [0.05, 0.1) is 6.54 Å². The third-order valence-electron chi connectivity index (χ3n) is 3.14. The SMILES string of the molecule is CCCC1NC(=O)CN(Cc2ccc(Cl)cc2)C1=O. The molecule has 0 radical (unpaired) electrons. The van der Waals surface area contributed by atoms with Gasteiger partial charge in [-0.2, -0.15) is 0 Å². The van der Waals surface area contributed by atoms with Crippen LogP contribution in [0, 0.1) is 0 Å². The lowest BCUT2D eigenvalue weighted by Gasteiger charge is -2.32. The Labute approximate surface area is 117 Å². The third-order valence-corrected chi connectivity index (χ3v) is 3.40.